The molecular formula is C21H19F2N5O4S. The van der Waals surface area contributed by atoms with Gasteiger partial charge in [0.2, 0.25) is 5.91 Å². The molecule has 0 aliphatic carbocycles. The molecule has 1 aromatic heterocycles. The van der Waals surface area contributed by atoms with E-state index in [1.165, 1.54) is 0 Å². The number of nitrogen functional groups attached to an aromatic ring is 1. The molecule has 0 saturated carbocycles. The number of nitrogens with zero attached hydrogens (tertiary/aromatic N) is 1. The van der Waals surface area contributed by atoms with Crippen molar-refractivity contribution in [3.05, 3.63) is 70.0 Å². The van der Waals surface area contributed by atoms with E-state index >= 15 is 0 Å². The average Bonchev–Trinajstić information content (AvgIpc) is 2.78. The summed E-state index contributed by atoms with van der Waals surface area (Å²) in [6.07, 6.45) is 0. The number of amides is 2. The second-order valence-electron chi connectivity index (χ2n) is 6.51. The Bertz CT molecular complexity index is 1230. The van der Waals surface area contributed by atoms with Gasteiger partial charge in [-0.3, -0.25) is 19.4 Å². The number of H-pyrrole nitrogens is 1. The second-order valence-corrected chi connectivity index (χ2v) is 7.47. The lowest BCUT2D eigenvalue weighted by Gasteiger charge is -2.09. The van der Waals surface area contributed by atoms with Crippen LogP contribution in [0, 0.1) is 11.6 Å². The topological polar surface area (TPSA) is 139 Å². The molecule has 0 fully saturated rings. The second kappa shape index (κ2) is 10.6. The lowest BCUT2D eigenvalue weighted by Crippen LogP contribution is -2.23. The number of hydrogen-bond acceptors (Lipinski definition) is 7. The van der Waals surface area contributed by atoms with E-state index in [0.29, 0.717) is 24.1 Å². The van der Waals surface area contributed by atoms with Crippen molar-refractivity contribution >= 4 is 40.8 Å². The predicted molar refractivity (Wildman–Crippen MR) is 121 cm³/mol. The van der Waals surface area contributed by atoms with Gasteiger partial charge in [0.25, 0.3) is 11.5 Å². The minimum Gasteiger partial charge on any atom is -0.494 e. The Morgan fingerprint density at radius 3 is 2.48 bits per heavy atom. The van der Waals surface area contributed by atoms with Crippen molar-refractivity contribution in [3.63, 3.8) is 0 Å². The predicted octanol–water partition coefficient (Wildman–Crippen LogP) is 3.01. The van der Waals surface area contributed by atoms with Crippen LogP contribution in [-0.2, 0) is 4.79 Å². The molecule has 172 valence electrons. The zero-order chi connectivity index (χ0) is 24.0. The van der Waals surface area contributed by atoms with Gasteiger partial charge in [0.15, 0.2) is 22.6 Å². The van der Waals surface area contributed by atoms with Gasteiger partial charge in [-0.25, -0.2) is 13.8 Å². The summed E-state index contributed by atoms with van der Waals surface area (Å²) in [6, 6.07) is 9.35. The van der Waals surface area contributed by atoms with Crippen molar-refractivity contribution in [1.29, 1.82) is 0 Å². The number of benzene rings is 2. The lowest BCUT2D eigenvalue weighted by molar-refractivity contribution is -0.113. The van der Waals surface area contributed by atoms with E-state index in [1.807, 2.05) is 6.92 Å². The summed E-state index contributed by atoms with van der Waals surface area (Å²) in [5.74, 6) is -3.24. The molecule has 0 spiro atoms. The smallest absolute Gasteiger partial charge is 0.277 e. The number of nitrogens with two attached hydrogens (primary N) is 1. The SMILES string of the molecule is CCOc1ccc(NC(=O)CSc2nc(N)c(NC(=O)c3ccc(F)c(F)c3)c(=O)[nH]2)cc1. The van der Waals surface area contributed by atoms with E-state index in [9.17, 15) is 23.2 Å². The van der Waals surface area contributed by atoms with Crippen LogP contribution in [-0.4, -0.2) is 34.1 Å². The van der Waals surface area contributed by atoms with Crippen LogP contribution in [0.15, 0.2) is 52.4 Å². The zero-order valence-corrected chi connectivity index (χ0v) is 18.1. The van der Waals surface area contributed by atoms with Crippen molar-refractivity contribution < 1.29 is 23.1 Å². The number of ether oxygens (including phenoxy) is 1. The number of anilines is 3. The van der Waals surface area contributed by atoms with Crippen LogP contribution in [0.25, 0.3) is 0 Å². The molecule has 3 aromatic rings. The number of thioether (sulfide) groups is 1. The molecule has 1 heterocycles. The molecule has 0 radical (unpaired) electrons. The van der Waals surface area contributed by atoms with Crippen molar-refractivity contribution in [1.82, 2.24) is 9.97 Å². The third kappa shape index (κ3) is 6.29. The van der Waals surface area contributed by atoms with Crippen molar-refractivity contribution in [2.75, 3.05) is 28.7 Å². The maximum atomic E-state index is 13.3. The molecule has 9 nitrogen and oxygen atoms in total. The third-order valence-electron chi connectivity index (χ3n) is 4.14. The Kier molecular flexibility index (Phi) is 7.61. The van der Waals surface area contributed by atoms with Gasteiger partial charge in [-0.15, -0.1) is 0 Å². The molecule has 0 saturated heterocycles. The van der Waals surface area contributed by atoms with E-state index in [4.69, 9.17) is 10.5 Å². The standard InChI is InChI=1S/C21H19F2N5O4S/c1-2-32-13-6-4-12(5-7-13)25-16(29)10-33-21-27-18(24)17(20(31)28-21)26-19(30)11-3-8-14(22)15(23)9-11/h3-9H,2,10H2,1H3,(H,25,29)(H,26,30)(H3,24,27,28,31). The molecule has 3 rings (SSSR count). The molecule has 2 aromatic carbocycles. The number of nitrogens with one attached hydrogen (secondary N) is 3. The number of carbonyl (C=O) groups is 2. The van der Waals surface area contributed by atoms with Crippen LogP contribution in [0.5, 0.6) is 5.75 Å². The fourth-order valence-corrected chi connectivity index (χ4v) is 3.28. The van der Waals surface area contributed by atoms with E-state index in [1.54, 1.807) is 24.3 Å². The molecule has 0 bridgehead atoms. The van der Waals surface area contributed by atoms with Crippen LogP contribution < -0.4 is 26.7 Å². The quantitative estimate of drug-likeness (QED) is 0.290. The zero-order valence-electron chi connectivity index (χ0n) is 17.3. The van der Waals surface area contributed by atoms with Gasteiger partial charge in [-0.1, -0.05) is 11.8 Å². The summed E-state index contributed by atoms with van der Waals surface area (Å²) in [6.45, 7) is 2.40. The van der Waals surface area contributed by atoms with Gasteiger partial charge in [0, 0.05) is 11.3 Å². The van der Waals surface area contributed by atoms with Crippen LogP contribution in [0.1, 0.15) is 17.3 Å². The summed E-state index contributed by atoms with van der Waals surface area (Å²) in [5, 5.41) is 4.98. The van der Waals surface area contributed by atoms with Gasteiger partial charge in [0.05, 0.1) is 12.4 Å². The maximum absolute atomic E-state index is 13.3. The van der Waals surface area contributed by atoms with Crippen LogP contribution in [0.3, 0.4) is 0 Å². The number of halogens is 2. The van der Waals surface area contributed by atoms with Gasteiger partial charge in [-0.05, 0) is 49.4 Å². The molecule has 0 aliphatic rings. The summed E-state index contributed by atoms with van der Waals surface area (Å²) >= 11 is 0.928. The van der Waals surface area contributed by atoms with E-state index in [0.717, 1.165) is 23.9 Å². The number of aromatic amines is 1. The number of hydrogen-bond donors (Lipinski definition) is 4. The highest BCUT2D eigenvalue weighted by molar-refractivity contribution is 7.99. The minimum absolute atomic E-state index is 0.0603. The van der Waals surface area contributed by atoms with E-state index < -0.39 is 23.1 Å². The summed E-state index contributed by atoms with van der Waals surface area (Å²) in [4.78, 5) is 43.1. The summed E-state index contributed by atoms with van der Waals surface area (Å²) < 4.78 is 31.7. The Balaban J connectivity index is 1.61. The highest BCUT2D eigenvalue weighted by Crippen LogP contribution is 2.19. The van der Waals surface area contributed by atoms with E-state index in [-0.39, 0.29) is 33.9 Å². The first-order valence-corrected chi connectivity index (χ1v) is 10.6. The Labute approximate surface area is 190 Å². The summed E-state index contributed by atoms with van der Waals surface area (Å²) in [7, 11) is 0. The molecule has 12 heteroatoms. The van der Waals surface area contributed by atoms with Crippen molar-refractivity contribution in [2.45, 2.75) is 12.1 Å². The molecule has 5 N–H and O–H groups in total. The fraction of sp³-hybridized carbons (Fsp3) is 0.143. The van der Waals surface area contributed by atoms with E-state index in [2.05, 4.69) is 20.6 Å². The molecular weight excluding hydrogens is 456 g/mol. The molecule has 33 heavy (non-hydrogen) atoms. The largest absolute Gasteiger partial charge is 0.494 e. The highest BCUT2D eigenvalue weighted by Gasteiger charge is 2.16. The first kappa shape index (κ1) is 23.7. The van der Waals surface area contributed by atoms with Gasteiger partial charge in [-0.2, -0.15) is 0 Å². The Morgan fingerprint density at radius 1 is 1.12 bits per heavy atom. The monoisotopic (exact) mass is 475 g/mol. The van der Waals surface area contributed by atoms with Gasteiger partial charge in [0.1, 0.15) is 11.4 Å². The third-order valence-corrected chi connectivity index (χ3v) is 5.01. The average molecular weight is 475 g/mol. The van der Waals surface area contributed by atoms with Crippen molar-refractivity contribution in [3.8, 4) is 5.75 Å². The maximum Gasteiger partial charge on any atom is 0.277 e. The molecule has 0 aliphatic heterocycles. The van der Waals surface area contributed by atoms with Crippen molar-refractivity contribution in [2.24, 2.45) is 0 Å². The minimum atomic E-state index is -1.21. The Hall–Kier alpha value is -3.93. The van der Waals surface area contributed by atoms with Crippen LogP contribution in [0.4, 0.5) is 26.0 Å². The number of carbonyl (C=O) groups excluding carboxylic acids is 2. The molecule has 2 amide bonds. The van der Waals surface area contributed by atoms with Crippen LogP contribution >= 0.6 is 11.8 Å². The van der Waals surface area contributed by atoms with Crippen LogP contribution in [0.2, 0.25) is 0 Å². The fourth-order valence-electron chi connectivity index (χ4n) is 2.61. The lowest BCUT2D eigenvalue weighted by atomic mass is 10.2. The van der Waals surface area contributed by atoms with Gasteiger partial charge >= 0.3 is 0 Å². The first-order valence-electron chi connectivity index (χ1n) is 9.58. The normalized spacial score (nSPS) is 10.5. The first-order chi connectivity index (χ1) is 15.8. The number of aromatic nitrogens is 2. The molecule has 0 atom stereocenters. The number of rotatable bonds is 8. The summed E-state index contributed by atoms with van der Waals surface area (Å²) in [5.41, 5.74) is 5.00. The Morgan fingerprint density at radius 2 is 1.85 bits per heavy atom. The molecule has 0 unspecified atom stereocenters. The van der Waals surface area contributed by atoms with Gasteiger partial charge < -0.3 is 21.1 Å². The highest BCUT2D eigenvalue weighted by atomic mass is 32.2.